The summed E-state index contributed by atoms with van der Waals surface area (Å²) in [5.41, 5.74) is 0.257. The van der Waals surface area contributed by atoms with E-state index in [0.29, 0.717) is 0 Å². The Morgan fingerprint density at radius 1 is 1.20 bits per heavy atom. The van der Waals surface area contributed by atoms with Crippen molar-refractivity contribution in [2.75, 3.05) is 0 Å². The second-order valence-corrected chi connectivity index (χ2v) is 7.60. The van der Waals surface area contributed by atoms with E-state index in [0.717, 1.165) is 18.4 Å². The van der Waals surface area contributed by atoms with E-state index in [1.54, 1.807) is 20.8 Å². The van der Waals surface area contributed by atoms with Crippen LogP contribution in [-0.4, -0.2) is 40.9 Å². The maximum absolute atomic E-state index is 12.3. The maximum atomic E-state index is 12.3. The number of nitrogens with one attached hydrogen (secondary N) is 2. The highest BCUT2D eigenvalue weighted by atomic mass is 16.6. The number of aliphatic hydroxyl groups is 1. The van der Waals surface area contributed by atoms with Crippen molar-refractivity contribution >= 4 is 12.0 Å². The van der Waals surface area contributed by atoms with Gasteiger partial charge in [-0.3, -0.25) is 4.79 Å². The number of ether oxygens (including phenoxy) is 1. The van der Waals surface area contributed by atoms with Crippen LogP contribution in [0.2, 0.25) is 0 Å². The molecular formula is C19H28N2O4. The highest BCUT2D eigenvalue weighted by Gasteiger charge is 2.36. The number of amides is 2. The van der Waals surface area contributed by atoms with E-state index in [1.807, 2.05) is 37.3 Å². The standard InChI is InChI=1S/C19H28N2O4/c1-12(13-8-6-5-7-9-13)15(21-18(24)25-19(2,3)4)16(22)17(23)20-14-10-11-14/h5-9,12,14-16,22H,10-11H2,1-4H3,(H,20,23)(H,21,24)/t12?,15-,16?/m0/s1. The number of benzene rings is 1. The van der Waals surface area contributed by atoms with Crippen molar-refractivity contribution in [2.24, 2.45) is 0 Å². The van der Waals surface area contributed by atoms with Gasteiger partial charge in [0, 0.05) is 12.0 Å². The Bertz CT molecular complexity index is 593. The summed E-state index contributed by atoms with van der Waals surface area (Å²) in [6.07, 6.45) is -0.157. The van der Waals surface area contributed by atoms with Crippen molar-refractivity contribution in [1.29, 1.82) is 0 Å². The van der Waals surface area contributed by atoms with Gasteiger partial charge < -0.3 is 20.5 Å². The van der Waals surface area contributed by atoms with Gasteiger partial charge in [-0.05, 0) is 39.2 Å². The molecule has 2 amide bonds. The monoisotopic (exact) mass is 348 g/mol. The SMILES string of the molecule is CC(c1ccccc1)[C@H](NC(=O)OC(C)(C)C)C(O)C(=O)NC1CC1. The lowest BCUT2D eigenvalue weighted by molar-refractivity contribution is -0.131. The number of carbonyl (C=O) groups excluding carboxylic acids is 2. The first-order valence-electron chi connectivity index (χ1n) is 8.70. The summed E-state index contributed by atoms with van der Waals surface area (Å²) >= 11 is 0. The van der Waals surface area contributed by atoms with E-state index in [-0.39, 0.29) is 12.0 Å². The fraction of sp³-hybridized carbons (Fsp3) is 0.579. The average molecular weight is 348 g/mol. The number of aliphatic hydroxyl groups excluding tert-OH is 1. The molecule has 6 nitrogen and oxygen atoms in total. The van der Waals surface area contributed by atoms with E-state index in [9.17, 15) is 14.7 Å². The minimum Gasteiger partial charge on any atom is -0.444 e. The topological polar surface area (TPSA) is 87.7 Å². The molecule has 138 valence electrons. The van der Waals surface area contributed by atoms with Crippen molar-refractivity contribution in [1.82, 2.24) is 10.6 Å². The third kappa shape index (κ3) is 6.05. The second-order valence-electron chi connectivity index (χ2n) is 7.60. The Kier molecular flexibility index (Phi) is 6.06. The summed E-state index contributed by atoms with van der Waals surface area (Å²) in [5, 5.41) is 16.0. The predicted molar refractivity (Wildman–Crippen MR) is 95.2 cm³/mol. The van der Waals surface area contributed by atoms with Gasteiger partial charge in [0.2, 0.25) is 0 Å². The molecular weight excluding hydrogens is 320 g/mol. The Morgan fingerprint density at radius 2 is 1.80 bits per heavy atom. The molecule has 0 radical (unpaired) electrons. The third-order valence-electron chi connectivity index (χ3n) is 4.08. The van der Waals surface area contributed by atoms with Gasteiger partial charge in [0.1, 0.15) is 5.60 Å². The summed E-state index contributed by atoms with van der Waals surface area (Å²) in [7, 11) is 0. The molecule has 1 fully saturated rings. The molecule has 1 aromatic carbocycles. The molecule has 0 spiro atoms. The summed E-state index contributed by atoms with van der Waals surface area (Å²) in [6.45, 7) is 7.15. The largest absolute Gasteiger partial charge is 0.444 e. The molecule has 2 unspecified atom stereocenters. The molecule has 0 aliphatic heterocycles. The molecule has 0 bridgehead atoms. The normalized spacial score (nSPS) is 18.0. The predicted octanol–water partition coefficient (Wildman–Crippen LogP) is 2.32. The van der Waals surface area contributed by atoms with Gasteiger partial charge in [-0.15, -0.1) is 0 Å². The molecule has 3 N–H and O–H groups in total. The molecule has 1 aromatic rings. The summed E-state index contributed by atoms with van der Waals surface area (Å²) < 4.78 is 5.28. The first kappa shape index (κ1) is 19.2. The molecule has 1 aliphatic rings. The van der Waals surface area contributed by atoms with Crippen LogP contribution in [0, 0.1) is 0 Å². The van der Waals surface area contributed by atoms with Crippen molar-refractivity contribution in [2.45, 2.75) is 70.2 Å². The Morgan fingerprint density at radius 3 is 2.32 bits per heavy atom. The Balaban J connectivity index is 2.14. The van der Waals surface area contributed by atoms with Crippen LogP contribution in [-0.2, 0) is 9.53 Å². The van der Waals surface area contributed by atoms with Crippen molar-refractivity contribution in [3.05, 3.63) is 35.9 Å². The van der Waals surface area contributed by atoms with Crippen molar-refractivity contribution < 1.29 is 19.4 Å². The molecule has 3 atom stereocenters. The first-order chi connectivity index (χ1) is 11.7. The highest BCUT2D eigenvalue weighted by molar-refractivity contribution is 5.83. The molecule has 25 heavy (non-hydrogen) atoms. The number of alkyl carbamates (subject to hydrolysis) is 1. The van der Waals surface area contributed by atoms with Crippen LogP contribution >= 0.6 is 0 Å². The van der Waals surface area contributed by atoms with E-state index < -0.39 is 29.7 Å². The van der Waals surface area contributed by atoms with Gasteiger partial charge in [0.15, 0.2) is 6.10 Å². The van der Waals surface area contributed by atoms with Crippen LogP contribution in [0.4, 0.5) is 4.79 Å². The third-order valence-corrected chi connectivity index (χ3v) is 4.08. The Hall–Kier alpha value is -2.08. The van der Waals surface area contributed by atoms with Gasteiger partial charge in [0.05, 0.1) is 6.04 Å². The minimum atomic E-state index is -1.36. The lowest BCUT2D eigenvalue weighted by Crippen LogP contribution is -2.54. The van der Waals surface area contributed by atoms with Gasteiger partial charge >= 0.3 is 6.09 Å². The van der Waals surface area contributed by atoms with E-state index in [1.165, 1.54) is 0 Å². The fourth-order valence-corrected chi connectivity index (χ4v) is 2.56. The molecule has 2 rings (SSSR count). The van der Waals surface area contributed by atoms with Gasteiger partial charge in [-0.25, -0.2) is 4.79 Å². The fourth-order valence-electron chi connectivity index (χ4n) is 2.56. The lowest BCUT2D eigenvalue weighted by atomic mass is 9.89. The molecule has 1 aliphatic carbocycles. The number of hydrogen-bond donors (Lipinski definition) is 3. The van der Waals surface area contributed by atoms with Crippen LogP contribution in [0.15, 0.2) is 30.3 Å². The van der Waals surface area contributed by atoms with E-state index in [2.05, 4.69) is 10.6 Å². The summed E-state index contributed by atoms with van der Waals surface area (Å²) in [4.78, 5) is 24.5. The van der Waals surface area contributed by atoms with Crippen LogP contribution in [0.5, 0.6) is 0 Å². The average Bonchev–Trinajstić information content (AvgIpc) is 3.34. The molecule has 0 aromatic heterocycles. The molecule has 0 saturated heterocycles. The van der Waals surface area contributed by atoms with E-state index in [4.69, 9.17) is 4.74 Å². The number of hydrogen-bond acceptors (Lipinski definition) is 4. The van der Waals surface area contributed by atoms with Crippen LogP contribution < -0.4 is 10.6 Å². The van der Waals surface area contributed by atoms with Crippen LogP contribution in [0.3, 0.4) is 0 Å². The van der Waals surface area contributed by atoms with E-state index >= 15 is 0 Å². The number of carbonyl (C=O) groups is 2. The molecule has 6 heteroatoms. The van der Waals surface area contributed by atoms with Gasteiger partial charge in [0.25, 0.3) is 5.91 Å². The molecule has 1 saturated carbocycles. The quantitative estimate of drug-likeness (QED) is 0.736. The first-order valence-corrected chi connectivity index (χ1v) is 8.70. The summed E-state index contributed by atoms with van der Waals surface area (Å²) in [6, 6.07) is 8.80. The molecule has 0 heterocycles. The smallest absolute Gasteiger partial charge is 0.407 e. The van der Waals surface area contributed by atoms with Crippen LogP contribution in [0.1, 0.15) is 52.0 Å². The highest BCUT2D eigenvalue weighted by Crippen LogP contribution is 2.24. The number of rotatable bonds is 6. The maximum Gasteiger partial charge on any atom is 0.407 e. The van der Waals surface area contributed by atoms with Gasteiger partial charge in [-0.1, -0.05) is 37.3 Å². The van der Waals surface area contributed by atoms with Crippen molar-refractivity contribution in [3.63, 3.8) is 0 Å². The summed E-state index contributed by atoms with van der Waals surface area (Å²) in [5.74, 6) is -0.736. The zero-order valence-electron chi connectivity index (χ0n) is 15.3. The zero-order valence-corrected chi connectivity index (χ0v) is 15.3. The van der Waals surface area contributed by atoms with Gasteiger partial charge in [-0.2, -0.15) is 0 Å². The zero-order chi connectivity index (χ0) is 18.6. The minimum absolute atomic E-state index is 0.136. The second kappa shape index (κ2) is 7.87. The van der Waals surface area contributed by atoms with Crippen molar-refractivity contribution in [3.8, 4) is 0 Å². The Labute approximate surface area is 149 Å². The lowest BCUT2D eigenvalue weighted by Gasteiger charge is -2.30. The van der Waals surface area contributed by atoms with Crippen LogP contribution in [0.25, 0.3) is 0 Å².